The highest BCUT2D eigenvalue weighted by Gasteiger charge is 2.30. The summed E-state index contributed by atoms with van der Waals surface area (Å²) < 4.78 is 27.7. The summed E-state index contributed by atoms with van der Waals surface area (Å²) in [5.74, 6) is 0. The molecule has 0 saturated carbocycles. The number of nitrogens with zero attached hydrogens (tertiary/aromatic N) is 4. The number of aromatic amines is 1. The van der Waals surface area contributed by atoms with E-state index in [0.29, 0.717) is 36.8 Å². The SMILES string of the molecule is O=c1ccc(-c2ccc(S(=O)(=O)N3CCN(c4cccnc4)CC3)s2)n[nH]1. The van der Waals surface area contributed by atoms with Gasteiger partial charge in [-0.3, -0.25) is 9.78 Å². The number of pyridine rings is 1. The molecule has 1 aliphatic heterocycles. The molecule has 0 bridgehead atoms. The Bertz CT molecular complexity index is 1070. The molecule has 1 aliphatic rings. The summed E-state index contributed by atoms with van der Waals surface area (Å²) in [5.41, 5.74) is 1.24. The largest absolute Gasteiger partial charge is 0.368 e. The maximum Gasteiger partial charge on any atom is 0.264 e. The van der Waals surface area contributed by atoms with Crippen LogP contribution in [0.25, 0.3) is 10.6 Å². The van der Waals surface area contributed by atoms with Crippen LogP contribution in [0.5, 0.6) is 0 Å². The standard InChI is InChI=1S/C17H17N5O3S2/c23-16-5-3-14(19-20-16)15-4-6-17(26-15)27(24,25)22-10-8-21(9-11-22)13-2-1-7-18-12-13/h1-7,12H,8-11H2,(H,20,23). The van der Waals surface area contributed by atoms with E-state index in [-0.39, 0.29) is 9.77 Å². The van der Waals surface area contributed by atoms with Crippen LogP contribution in [0.4, 0.5) is 5.69 Å². The number of rotatable bonds is 4. The highest BCUT2D eigenvalue weighted by Crippen LogP contribution is 2.31. The van der Waals surface area contributed by atoms with E-state index in [1.807, 2.05) is 12.1 Å². The van der Waals surface area contributed by atoms with Gasteiger partial charge in [-0.05, 0) is 30.3 Å². The monoisotopic (exact) mass is 403 g/mol. The number of anilines is 1. The van der Waals surface area contributed by atoms with E-state index in [2.05, 4.69) is 20.1 Å². The average Bonchev–Trinajstić information content (AvgIpc) is 3.20. The normalized spacial score (nSPS) is 15.8. The Kier molecular flexibility index (Phi) is 4.77. The van der Waals surface area contributed by atoms with Gasteiger partial charge in [-0.1, -0.05) is 0 Å². The number of H-pyrrole nitrogens is 1. The minimum atomic E-state index is -3.55. The first-order valence-electron chi connectivity index (χ1n) is 8.35. The zero-order valence-electron chi connectivity index (χ0n) is 14.3. The number of hydrogen-bond acceptors (Lipinski definition) is 7. The lowest BCUT2D eigenvalue weighted by atomic mass is 10.3. The molecule has 0 spiro atoms. The zero-order valence-corrected chi connectivity index (χ0v) is 15.9. The highest BCUT2D eigenvalue weighted by atomic mass is 32.2. The topological polar surface area (TPSA) is 99.3 Å². The molecule has 1 saturated heterocycles. The van der Waals surface area contributed by atoms with E-state index in [4.69, 9.17) is 0 Å². The molecule has 4 rings (SSSR count). The predicted octanol–water partition coefficient (Wildman–Crippen LogP) is 1.40. The smallest absolute Gasteiger partial charge is 0.264 e. The van der Waals surface area contributed by atoms with Crippen molar-refractivity contribution >= 4 is 27.0 Å². The molecule has 0 unspecified atom stereocenters. The summed E-state index contributed by atoms with van der Waals surface area (Å²) in [4.78, 5) is 18.1. The van der Waals surface area contributed by atoms with Crippen molar-refractivity contribution in [2.45, 2.75) is 4.21 Å². The number of sulfonamides is 1. The summed E-state index contributed by atoms with van der Waals surface area (Å²) in [7, 11) is -3.55. The fourth-order valence-corrected chi connectivity index (χ4v) is 5.79. The van der Waals surface area contributed by atoms with Crippen molar-refractivity contribution in [1.82, 2.24) is 19.5 Å². The lowest BCUT2D eigenvalue weighted by Crippen LogP contribution is -2.48. The Morgan fingerprint density at radius 1 is 1.04 bits per heavy atom. The van der Waals surface area contributed by atoms with Crippen LogP contribution in [-0.4, -0.2) is 54.1 Å². The van der Waals surface area contributed by atoms with Crippen LogP contribution in [-0.2, 0) is 10.0 Å². The maximum absolute atomic E-state index is 13.0. The van der Waals surface area contributed by atoms with Crippen molar-refractivity contribution in [3.8, 4) is 10.6 Å². The molecule has 4 heterocycles. The number of hydrogen-bond donors (Lipinski definition) is 1. The van der Waals surface area contributed by atoms with Crippen LogP contribution in [0.2, 0.25) is 0 Å². The van der Waals surface area contributed by atoms with Crippen LogP contribution in [0, 0.1) is 0 Å². The van der Waals surface area contributed by atoms with Gasteiger partial charge in [0.25, 0.3) is 15.6 Å². The summed E-state index contributed by atoms with van der Waals surface area (Å²) in [6.45, 7) is 2.07. The Balaban J connectivity index is 1.49. The Hall–Kier alpha value is -2.56. The molecule has 0 atom stereocenters. The molecule has 0 aromatic carbocycles. The first-order valence-corrected chi connectivity index (χ1v) is 10.6. The maximum atomic E-state index is 13.0. The van der Waals surface area contributed by atoms with Gasteiger partial charge in [0.15, 0.2) is 0 Å². The summed E-state index contributed by atoms with van der Waals surface area (Å²) in [6, 6.07) is 10.1. The third kappa shape index (κ3) is 3.64. The van der Waals surface area contributed by atoms with Gasteiger partial charge < -0.3 is 4.90 Å². The van der Waals surface area contributed by atoms with Gasteiger partial charge >= 0.3 is 0 Å². The Morgan fingerprint density at radius 3 is 2.52 bits per heavy atom. The van der Waals surface area contributed by atoms with Gasteiger partial charge in [-0.2, -0.15) is 9.40 Å². The number of nitrogens with one attached hydrogen (secondary N) is 1. The molecule has 3 aromatic heterocycles. The van der Waals surface area contributed by atoms with Crippen LogP contribution >= 0.6 is 11.3 Å². The number of thiophene rings is 1. The fourth-order valence-electron chi connectivity index (χ4n) is 2.93. The molecule has 1 N–H and O–H groups in total. The molecule has 27 heavy (non-hydrogen) atoms. The van der Waals surface area contributed by atoms with Gasteiger partial charge in [0.2, 0.25) is 0 Å². The highest BCUT2D eigenvalue weighted by molar-refractivity contribution is 7.91. The third-order valence-electron chi connectivity index (χ3n) is 4.36. The van der Waals surface area contributed by atoms with Gasteiger partial charge in [0, 0.05) is 38.4 Å². The molecule has 0 aliphatic carbocycles. The van der Waals surface area contributed by atoms with Crippen LogP contribution in [0.15, 0.2) is 57.8 Å². The van der Waals surface area contributed by atoms with E-state index < -0.39 is 10.0 Å². The third-order valence-corrected chi connectivity index (χ3v) is 7.83. The molecule has 3 aromatic rings. The summed E-state index contributed by atoms with van der Waals surface area (Å²) in [6.07, 6.45) is 3.50. The van der Waals surface area contributed by atoms with Crippen molar-refractivity contribution in [1.29, 1.82) is 0 Å². The second-order valence-corrected chi connectivity index (χ2v) is 9.28. The first-order chi connectivity index (χ1) is 13.0. The van der Waals surface area contributed by atoms with Gasteiger partial charge in [-0.25, -0.2) is 13.5 Å². The molecule has 0 radical (unpaired) electrons. The summed E-state index contributed by atoms with van der Waals surface area (Å²) >= 11 is 1.15. The van der Waals surface area contributed by atoms with Crippen molar-refractivity contribution in [2.24, 2.45) is 0 Å². The molecular formula is C17H17N5O3S2. The molecule has 140 valence electrons. The lowest BCUT2D eigenvalue weighted by Gasteiger charge is -2.34. The van der Waals surface area contributed by atoms with Gasteiger partial charge in [0.1, 0.15) is 9.90 Å². The fraction of sp³-hybridized carbons (Fsp3) is 0.235. The quantitative estimate of drug-likeness (QED) is 0.707. The second-order valence-electron chi connectivity index (χ2n) is 6.03. The van der Waals surface area contributed by atoms with E-state index in [0.717, 1.165) is 17.0 Å². The minimum Gasteiger partial charge on any atom is -0.368 e. The zero-order chi connectivity index (χ0) is 18.9. The summed E-state index contributed by atoms with van der Waals surface area (Å²) in [5, 5.41) is 6.31. The molecule has 1 fully saturated rings. The van der Waals surface area contributed by atoms with E-state index in [1.165, 1.54) is 10.4 Å². The van der Waals surface area contributed by atoms with Crippen molar-refractivity contribution in [3.05, 3.63) is 59.1 Å². The molecule has 8 nitrogen and oxygen atoms in total. The van der Waals surface area contributed by atoms with E-state index in [1.54, 1.807) is 30.6 Å². The van der Waals surface area contributed by atoms with Gasteiger partial charge in [0.05, 0.1) is 16.8 Å². The average molecular weight is 403 g/mol. The first kappa shape index (κ1) is 17.8. The van der Waals surface area contributed by atoms with Crippen LogP contribution < -0.4 is 10.5 Å². The number of aromatic nitrogens is 3. The Morgan fingerprint density at radius 2 is 1.85 bits per heavy atom. The van der Waals surface area contributed by atoms with Gasteiger partial charge in [-0.15, -0.1) is 11.3 Å². The molecule has 0 amide bonds. The van der Waals surface area contributed by atoms with Crippen LogP contribution in [0.1, 0.15) is 0 Å². The van der Waals surface area contributed by atoms with E-state index >= 15 is 0 Å². The Labute approximate surface area is 160 Å². The second kappa shape index (κ2) is 7.22. The van der Waals surface area contributed by atoms with Crippen molar-refractivity contribution in [2.75, 3.05) is 31.1 Å². The number of piperazine rings is 1. The predicted molar refractivity (Wildman–Crippen MR) is 103 cm³/mol. The van der Waals surface area contributed by atoms with Crippen LogP contribution in [0.3, 0.4) is 0 Å². The molecule has 10 heteroatoms. The van der Waals surface area contributed by atoms with Crippen molar-refractivity contribution < 1.29 is 8.42 Å². The minimum absolute atomic E-state index is 0.278. The molecular weight excluding hydrogens is 386 g/mol. The van der Waals surface area contributed by atoms with E-state index in [9.17, 15) is 13.2 Å². The van der Waals surface area contributed by atoms with Crippen molar-refractivity contribution in [3.63, 3.8) is 0 Å². The lowest BCUT2D eigenvalue weighted by molar-refractivity contribution is 0.386.